The van der Waals surface area contributed by atoms with Gasteiger partial charge in [0.05, 0.1) is 18.1 Å². The van der Waals surface area contributed by atoms with Crippen LogP contribution in [0.2, 0.25) is 0 Å². The largest absolute Gasteiger partial charge is 0.464 e. The van der Waals surface area contributed by atoms with Crippen LogP contribution in [0.5, 0.6) is 0 Å². The van der Waals surface area contributed by atoms with E-state index in [1.54, 1.807) is 19.1 Å². The lowest BCUT2D eigenvalue weighted by molar-refractivity contribution is -0.144. The number of alkyl halides is 1. The minimum atomic E-state index is -3.25. The van der Waals surface area contributed by atoms with Gasteiger partial charge in [-0.1, -0.05) is 18.2 Å². The Morgan fingerprint density at radius 3 is 2.52 bits per heavy atom. The van der Waals surface area contributed by atoms with Crippen molar-refractivity contribution >= 4 is 33.1 Å². The maximum Gasteiger partial charge on any atom is 0.328 e. The maximum atomic E-state index is 11.9. The summed E-state index contributed by atoms with van der Waals surface area (Å²) in [5.74, 6) is -0.598. The van der Waals surface area contributed by atoms with Crippen LogP contribution in [0, 0.1) is 0 Å². The summed E-state index contributed by atoms with van der Waals surface area (Å²) in [6, 6.07) is 8.43. The number of carbonyl (C=O) groups is 1. The Morgan fingerprint density at radius 2 is 1.95 bits per heavy atom. The number of sulfone groups is 1. The molecule has 0 spiro atoms. The highest BCUT2D eigenvalue weighted by Gasteiger charge is 2.22. The molecule has 0 radical (unpaired) electrons. The number of para-hydroxylation sites is 1. The van der Waals surface area contributed by atoms with Gasteiger partial charge >= 0.3 is 5.97 Å². The number of hydrogen-bond donors (Lipinski definition) is 1. The molecule has 0 aliphatic carbocycles. The molecule has 118 valence electrons. The van der Waals surface area contributed by atoms with E-state index in [0.29, 0.717) is 0 Å². The second-order valence-electron chi connectivity index (χ2n) is 4.44. The fourth-order valence-corrected chi connectivity index (χ4v) is 3.48. The van der Waals surface area contributed by atoms with Gasteiger partial charge in [0.15, 0.2) is 9.84 Å². The van der Waals surface area contributed by atoms with Crippen molar-refractivity contribution in [3.63, 3.8) is 0 Å². The molecular weight excluding hydrogens is 314 g/mol. The number of nitrogens with one attached hydrogen (secondary N) is 1. The number of carbonyl (C=O) groups excluding carboxylic acids is 1. The van der Waals surface area contributed by atoms with Crippen LogP contribution in [-0.2, 0) is 19.4 Å². The van der Waals surface area contributed by atoms with Crippen molar-refractivity contribution in [3.05, 3.63) is 30.3 Å². The SMILES string of the molecule is CCOC(=O)C(CCS(=O)(=O)CCCl)Nc1ccccc1. The molecule has 0 saturated heterocycles. The van der Waals surface area contributed by atoms with Crippen LogP contribution in [0.15, 0.2) is 30.3 Å². The first-order valence-electron chi connectivity index (χ1n) is 6.73. The molecule has 0 bridgehead atoms. The van der Waals surface area contributed by atoms with Crippen molar-refractivity contribution in [2.24, 2.45) is 0 Å². The van der Waals surface area contributed by atoms with Crippen molar-refractivity contribution in [2.75, 3.05) is 29.3 Å². The highest BCUT2D eigenvalue weighted by atomic mass is 35.5. The standard InChI is InChI=1S/C14H20ClNO4S/c1-2-20-14(17)13(8-10-21(18,19)11-9-15)16-12-6-4-3-5-7-12/h3-7,13,16H,2,8-11H2,1H3. The van der Waals surface area contributed by atoms with Crippen LogP contribution in [0.1, 0.15) is 13.3 Å². The molecule has 0 saturated carbocycles. The molecule has 1 unspecified atom stereocenters. The summed E-state index contributed by atoms with van der Waals surface area (Å²) in [6.45, 7) is 1.96. The van der Waals surface area contributed by atoms with E-state index in [0.717, 1.165) is 5.69 Å². The first kappa shape index (κ1) is 17.8. The fraction of sp³-hybridized carbons (Fsp3) is 0.500. The second kappa shape index (κ2) is 8.89. The fourth-order valence-electron chi connectivity index (χ4n) is 1.74. The number of anilines is 1. The minimum Gasteiger partial charge on any atom is -0.464 e. The Morgan fingerprint density at radius 1 is 1.29 bits per heavy atom. The average Bonchev–Trinajstić information content (AvgIpc) is 2.44. The Bertz CT molecular complexity index is 533. The van der Waals surface area contributed by atoms with E-state index in [1.807, 2.05) is 18.2 Å². The number of esters is 1. The summed E-state index contributed by atoms with van der Waals surface area (Å²) in [5.41, 5.74) is 0.741. The molecule has 7 heteroatoms. The normalized spacial score (nSPS) is 12.7. The second-order valence-corrected chi connectivity index (χ2v) is 7.13. The third-order valence-electron chi connectivity index (χ3n) is 2.79. The zero-order valence-corrected chi connectivity index (χ0v) is 13.5. The topological polar surface area (TPSA) is 72.5 Å². The monoisotopic (exact) mass is 333 g/mol. The molecule has 0 aliphatic heterocycles. The van der Waals surface area contributed by atoms with Crippen LogP contribution in [0.3, 0.4) is 0 Å². The molecule has 0 fully saturated rings. The molecule has 1 atom stereocenters. The molecule has 1 rings (SSSR count). The third-order valence-corrected chi connectivity index (χ3v) is 4.89. The van der Waals surface area contributed by atoms with Gasteiger partial charge in [0, 0.05) is 11.6 Å². The van der Waals surface area contributed by atoms with E-state index in [-0.39, 0.29) is 30.4 Å². The molecule has 0 aromatic heterocycles. The summed E-state index contributed by atoms with van der Waals surface area (Å²) in [4.78, 5) is 11.9. The van der Waals surface area contributed by atoms with Gasteiger partial charge in [-0.3, -0.25) is 0 Å². The highest BCUT2D eigenvalue weighted by Crippen LogP contribution is 2.11. The van der Waals surface area contributed by atoms with Crippen LogP contribution in [0.25, 0.3) is 0 Å². The lowest BCUT2D eigenvalue weighted by Crippen LogP contribution is -2.33. The summed E-state index contributed by atoms with van der Waals surface area (Å²) < 4.78 is 28.4. The molecule has 5 nitrogen and oxygen atoms in total. The van der Waals surface area contributed by atoms with Crippen molar-refractivity contribution in [1.29, 1.82) is 0 Å². The van der Waals surface area contributed by atoms with Gasteiger partial charge in [-0.25, -0.2) is 13.2 Å². The van der Waals surface area contributed by atoms with E-state index >= 15 is 0 Å². The number of hydrogen-bond acceptors (Lipinski definition) is 5. The number of halogens is 1. The predicted molar refractivity (Wildman–Crippen MR) is 84.5 cm³/mol. The Labute approximate surface area is 130 Å². The quantitative estimate of drug-likeness (QED) is 0.553. The maximum absolute atomic E-state index is 11.9. The van der Waals surface area contributed by atoms with Gasteiger partial charge in [0.1, 0.15) is 6.04 Å². The van der Waals surface area contributed by atoms with E-state index in [2.05, 4.69) is 5.32 Å². The lowest BCUT2D eigenvalue weighted by atomic mass is 10.2. The van der Waals surface area contributed by atoms with Crippen LogP contribution in [-0.4, -0.2) is 44.4 Å². The molecule has 1 aromatic rings. The van der Waals surface area contributed by atoms with Crippen molar-refractivity contribution in [3.8, 4) is 0 Å². The van der Waals surface area contributed by atoms with Gasteiger partial charge in [-0.05, 0) is 25.5 Å². The van der Waals surface area contributed by atoms with Crippen molar-refractivity contribution < 1.29 is 17.9 Å². The first-order valence-corrected chi connectivity index (χ1v) is 9.08. The van der Waals surface area contributed by atoms with E-state index in [9.17, 15) is 13.2 Å². The van der Waals surface area contributed by atoms with Crippen LogP contribution in [0.4, 0.5) is 5.69 Å². The molecule has 0 amide bonds. The van der Waals surface area contributed by atoms with Gasteiger partial charge in [0.2, 0.25) is 0 Å². The van der Waals surface area contributed by atoms with Gasteiger partial charge < -0.3 is 10.1 Å². The summed E-state index contributed by atoms with van der Waals surface area (Å²) >= 11 is 5.46. The van der Waals surface area contributed by atoms with E-state index < -0.39 is 21.8 Å². The number of rotatable bonds is 9. The highest BCUT2D eigenvalue weighted by molar-refractivity contribution is 7.91. The smallest absolute Gasteiger partial charge is 0.328 e. The van der Waals surface area contributed by atoms with Crippen molar-refractivity contribution in [1.82, 2.24) is 0 Å². The van der Waals surface area contributed by atoms with Crippen LogP contribution >= 0.6 is 11.6 Å². The lowest BCUT2D eigenvalue weighted by Gasteiger charge is -2.18. The number of benzene rings is 1. The summed E-state index contributed by atoms with van der Waals surface area (Å²) in [5, 5.41) is 3.01. The van der Waals surface area contributed by atoms with Crippen molar-refractivity contribution in [2.45, 2.75) is 19.4 Å². The molecular formula is C14H20ClNO4S. The van der Waals surface area contributed by atoms with Gasteiger partial charge in [-0.15, -0.1) is 11.6 Å². The van der Waals surface area contributed by atoms with E-state index in [4.69, 9.17) is 16.3 Å². The van der Waals surface area contributed by atoms with Crippen LogP contribution < -0.4 is 5.32 Å². The summed E-state index contributed by atoms with van der Waals surface area (Å²) in [7, 11) is -3.25. The van der Waals surface area contributed by atoms with Gasteiger partial charge in [-0.2, -0.15) is 0 Å². The Kier molecular flexibility index (Phi) is 7.53. The third kappa shape index (κ3) is 6.82. The Balaban J connectivity index is 2.71. The summed E-state index contributed by atoms with van der Waals surface area (Å²) in [6.07, 6.45) is 0.146. The van der Waals surface area contributed by atoms with Gasteiger partial charge in [0.25, 0.3) is 0 Å². The molecule has 0 aliphatic rings. The molecule has 1 N–H and O–H groups in total. The minimum absolute atomic E-state index is 0.0541. The zero-order valence-electron chi connectivity index (χ0n) is 11.9. The average molecular weight is 334 g/mol. The predicted octanol–water partition coefficient (Wildman–Crippen LogP) is 2.07. The molecule has 1 aromatic carbocycles. The number of ether oxygens (including phenoxy) is 1. The Hall–Kier alpha value is -1.27. The van der Waals surface area contributed by atoms with E-state index in [1.165, 1.54) is 0 Å². The molecule has 21 heavy (non-hydrogen) atoms. The molecule has 0 heterocycles. The first-order chi connectivity index (χ1) is 9.98. The zero-order chi connectivity index (χ0) is 15.7.